The summed E-state index contributed by atoms with van der Waals surface area (Å²) in [6.07, 6.45) is 0.938. The minimum atomic E-state index is -3.17. The first-order valence-electron chi connectivity index (χ1n) is 7.40. The van der Waals surface area contributed by atoms with Gasteiger partial charge in [-0.1, -0.05) is 35.9 Å². The number of aromatic nitrogens is 2. The maximum absolute atomic E-state index is 12.6. The van der Waals surface area contributed by atoms with Crippen LogP contribution in [0.1, 0.15) is 11.3 Å². The summed E-state index contributed by atoms with van der Waals surface area (Å²) in [6.45, 7) is 2.08. The van der Waals surface area contributed by atoms with Crippen LogP contribution in [0, 0.1) is 24.1 Å². The number of halogens is 1. The molecule has 136 valence electrons. The van der Waals surface area contributed by atoms with Crippen molar-refractivity contribution in [2.45, 2.75) is 6.92 Å². The molecule has 0 unspecified atom stereocenters. The molecule has 1 heterocycles. The van der Waals surface area contributed by atoms with Crippen LogP contribution < -0.4 is 5.14 Å². The van der Waals surface area contributed by atoms with Crippen LogP contribution in [0.5, 0.6) is 0 Å². The van der Waals surface area contributed by atoms with Crippen LogP contribution in [0.25, 0.3) is 11.3 Å². The molecule has 0 atom stereocenters. The Hall–Kier alpha value is -3.02. The molecule has 0 bridgehead atoms. The van der Waals surface area contributed by atoms with Crippen molar-refractivity contribution in [2.24, 2.45) is 5.14 Å². The van der Waals surface area contributed by atoms with E-state index in [0.29, 0.717) is 11.4 Å². The van der Waals surface area contributed by atoms with Gasteiger partial charge in [0.25, 0.3) is 0 Å². The average molecular weight is 374 g/mol. The van der Waals surface area contributed by atoms with Crippen LogP contribution in [-0.4, -0.2) is 24.9 Å². The predicted octanol–water partition coefficient (Wildman–Crippen LogP) is 2.99. The lowest BCUT2D eigenvalue weighted by molar-refractivity contribution is 0.603. The maximum Gasteiger partial charge on any atom is 0.206 e. The zero-order valence-electron chi connectivity index (χ0n) is 14.3. The van der Waals surface area contributed by atoms with E-state index in [1.54, 1.807) is 18.2 Å². The van der Waals surface area contributed by atoms with E-state index in [-0.39, 0.29) is 5.82 Å². The number of nitriles is 1. The van der Waals surface area contributed by atoms with Gasteiger partial charge in [-0.05, 0) is 36.8 Å². The van der Waals surface area contributed by atoms with Crippen molar-refractivity contribution in [1.29, 1.82) is 5.26 Å². The third-order valence-electron chi connectivity index (χ3n) is 2.79. The van der Waals surface area contributed by atoms with Gasteiger partial charge in [0, 0.05) is 6.07 Å². The monoisotopic (exact) mass is 374 g/mol. The second kappa shape index (κ2) is 10.1. The van der Waals surface area contributed by atoms with Gasteiger partial charge < -0.3 is 0 Å². The van der Waals surface area contributed by atoms with Gasteiger partial charge in [0.05, 0.1) is 11.9 Å². The summed E-state index contributed by atoms with van der Waals surface area (Å²) in [7, 11) is -3.17. The number of nitrogens with zero attached hydrogens (tertiary/aromatic N) is 2. The number of benzene rings is 2. The Morgan fingerprint density at radius 2 is 1.65 bits per heavy atom. The molecule has 0 radical (unpaired) electrons. The quantitative estimate of drug-likeness (QED) is 0.681. The maximum atomic E-state index is 12.6. The minimum absolute atomic E-state index is 0.284. The summed E-state index contributed by atoms with van der Waals surface area (Å²) < 4.78 is 31.4. The van der Waals surface area contributed by atoms with Gasteiger partial charge in [-0.2, -0.15) is 10.4 Å². The molecule has 0 fully saturated rings. The third kappa shape index (κ3) is 9.32. The van der Waals surface area contributed by atoms with Gasteiger partial charge in [-0.3, -0.25) is 5.10 Å². The minimum Gasteiger partial charge on any atom is -0.277 e. The van der Waals surface area contributed by atoms with Crippen LogP contribution in [0.3, 0.4) is 0 Å². The fourth-order valence-electron chi connectivity index (χ4n) is 1.69. The van der Waals surface area contributed by atoms with Crippen LogP contribution >= 0.6 is 0 Å². The normalized spacial score (nSPS) is 9.81. The van der Waals surface area contributed by atoms with Crippen molar-refractivity contribution in [2.75, 3.05) is 6.26 Å². The van der Waals surface area contributed by atoms with Crippen LogP contribution in [-0.2, 0) is 10.0 Å². The van der Waals surface area contributed by atoms with E-state index >= 15 is 0 Å². The number of primary sulfonamides is 1. The molecule has 0 spiro atoms. The number of rotatable bonds is 1. The molecular formula is C18H19FN4O2S. The first-order valence-corrected chi connectivity index (χ1v) is 9.35. The van der Waals surface area contributed by atoms with Crippen molar-refractivity contribution in [3.63, 3.8) is 0 Å². The molecule has 3 aromatic rings. The number of H-pyrrole nitrogens is 1. The van der Waals surface area contributed by atoms with Crippen LogP contribution in [0.4, 0.5) is 4.39 Å². The average Bonchev–Trinajstić information content (AvgIpc) is 3.04. The second-order valence-corrected chi connectivity index (χ2v) is 6.93. The highest BCUT2D eigenvalue weighted by molar-refractivity contribution is 7.88. The lowest BCUT2D eigenvalue weighted by Gasteiger charge is -1.94. The Morgan fingerprint density at radius 3 is 2.04 bits per heavy atom. The van der Waals surface area contributed by atoms with Gasteiger partial charge in [0.1, 0.15) is 11.9 Å². The molecule has 6 nitrogen and oxygen atoms in total. The van der Waals surface area contributed by atoms with Gasteiger partial charge >= 0.3 is 0 Å². The van der Waals surface area contributed by atoms with E-state index in [1.807, 2.05) is 24.3 Å². The lowest BCUT2D eigenvalue weighted by atomic mass is 10.1. The summed E-state index contributed by atoms with van der Waals surface area (Å²) in [4.78, 5) is 0. The smallest absolute Gasteiger partial charge is 0.206 e. The first kappa shape index (κ1) is 21.0. The molecular weight excluding hydrogens is 355 g/mol. The fourth-order valence-corrected chi connectivity index (χ4v) is 1.69. The highest BCUT2D eigenvalue weighted by Crippen LogP contribution is 2.17. The van der Waals surface area contributed by atoms with Crippen molar-refractivity contribution in [1.82, 2.24) is 10.2 Å². The summed E-state index contributed by atoms with van der Waals surface area (Å²) in [5.41, 5.74) is 3.16. The number of aryl methyl sites for hydroxylation is 1. The number of sulfonamides is 1. The molecule has 3 rings (SSSR count). The van der Waals surface area contributed by atoms with E-state index < -0.39 is 10.0 Å². The molecule has 0 amide bonds. The number of nitrogens with two attached hydrogens (primary N) is 1. The van der Waals surface area contributed by atoms with Gasteiger partial charge in [-0.15, -0.1) is 0 Å². The standard InChI is InChI=1S/C10H6FN3.C7H8.CH5NO2S/c11-8-3-1-7(2-4-8)10-5-9(6-12)13-14-10;1-7-5-3-2-4-6-7;1-5(2,3)4/h1-5H,(H,13,14);2-6H,1H3;1H3,(H2,2,3,4). The van der Waals surface area contributed by atoms with Gasteiger partial charge in [-0.25, -0.2) is 17.9 Å². The molecule has 26 heavy (non-hydrogen) atoms. The molecule has 0 saturated carbocycles. The Bertz CT molecular complexity index is 939. The highest BCUT2D eigenvalue weighted by atomic mass is 32.2. The number of hydrogen-bond acceptors (Lipinski definition) is 4. The number of hydrogen-bond donors (Lipinski definition) is 2. The zero-order valence-corrected chi connectivity index (χ0v) is 15.2. The van der Waals surface area contributed by atoms with E-state index in [9.17, 15) is 12.8 Å². The van der Waals surface area contributed by atoms with Gasteiger partial charge in [0.2, 0.25) is 10.0 Å². The fraction of sp³-hybridized carbons (Fsp3) is 0.111. The van der Waals surface area contributed by atoms with E-state index in [4.69, 9.17) is 5.26 Å². The predicted molar refractivity (Wildman–Crippen MR) is 98.9 cm³/mol. The second-order valence-electron chi connectivity index (χ2n) is 5.27. The molecule has 8 heteroatoms. The highest BCUT2D eigenvalue weighted by Gasteiger charge is 2.02. The Morgan fingerprint density at radius 1 is 1.12 bits per heavy atom. The van der Waals surface area contributed by atoms with E-state index in [1.165, 1.54) is 17.7 Å². The topological polar surface area (TPSA) is 113 Å². The van der Waals surface area contributed by atoms with E-state index in [0.717, 1.165) is 11.8 Å². The van der Waals surface area contributed by atoms with Crippen molar-refractivity contribution in [3.05, 3.63) is 77.7 Å². The van der Waals surface area contributed by atoms with Crippen molar-refractivity contribution < 1.29 is 12.8 Å². The lowest BCUT2D eigenvalue weighted by Crippen LogP contribution is -2.07. The largest absolute Gasteiger partial charge is 0.277 e. The van der Waals surface area contributed by atoms with Crippen LogP contribution in [0.15, 0.2) is 60.7 Å². The van der Waals surface area contributed by atoms with Gasteiger partial charge in [0.15, 0.2) is 5.69 Å². The Balaban J connectivity index is 0.000000235. The molecule has 0 aliphatic heterocycles. The summed E-state index contributed by atoms with van der Waals surface area (Å²) in [6, 6.07) is 19.8. The Kier molecular flexibility index (Phi) is 8.15. The molecule has 0 saturated heterocycles. The Labute approximate surface area is 152 Å². The molecule has 2 aromatic carbocycles. The van der Waals surface area contributed by atoms with Crippen molar-refractivity contribution >= 4 is 10.0 Å². The molecule has 3 N–H and O–H groups in total. The van der Waals surface area contributed by atoms with E-state index in [2.05, 4.69) is 34.4 Å². The molecule has 1 aromatic heterocycles. The molecule has 0 aliphatic carbocycles. The molecule has 0 aliphatic rings. The van der Waals surface area contributed by atoms with Crippen molar-refractivity contribution in [3.8, 4) is 17.3 Å². The zero-order chi connectivity index (χ0) is 19.6. The summed E-state index contributed by atoms with van der Waals surface area (Å²) in [5.74, 6) is -0.284. The summed E-state index contributed by atoms with van der Waals surface area (Å²) in [5, 5.41) is 19.3. The SMILES string of the molecule is CS(N)(=O)=O.Cc1ccccc1.N#Cc1cc(-c2ccc(F)cc2)[nH]n1. The third-order valence-corrected chi connectivity index (χ3v) is 2.79. The first-order chi connectivity index (χ1) is 12.2. The number of aromatic amines is 1. The number of nitrogens with one attached hydrogen (secondary N) is 1. The summed E-state index contributed by atoms with van der Waals surface area (Å²) >= 11 is 0. The van der Waals surface area contributed by atoms with Crippen LogP contribution in [0.2, 0.25) is 0 Å².